The van der Waals surface area contributed by atoms with Crippen LogP contribution in [0.3, 0.4) is 0 Å². The normalized spacial score (nSPS) is 13.3. The lowest BCUT2D eigenvalue weighted by Crippen LogP contribution is -2.13. The Hall–Kier alpha value is -1.06. The molecule has 2 rings (SSSR count). The molecule has 4 heteroatoms. The number of benzene rings is 1. The zero-order chi connectivity index (χ0) is 10.8. The first-order chi connectivity index (χ1) is 7.19. The highest BCUT2D eigenvalue weighted by Gasteiger charge is 2.09. The zero-order valence-electron chi connectivity index (χ0n) is 8.53. The predicted octanol–water partition coefficient (Wildman–Crippen LogP) is 2.62. The molecule has 1 aromatic heterocycles. The fourth-order valence-electron chi connectivity index (χ4n) is 1.41. The summed E-state index contributed by atoms with van der Waals surface area (Å²) in [6.45, 7) is 2.71. The van der Waals surface area contributed by atoms with Crippen LogP contribution < -0.4 is 5.73 Å². The van der Waals surface area contributed by atoms with Gasteiger partial charge in [0.25, 0.3) is 0 Å². The van der Waals surface area contributed by atoms with Gasteiger partial charge in [-0.3, -0.25) is 0 Å². The number of nitrogens with zero attached hydrogens (tertiary/aromatic N) is 1. The summed E-state index contributed by atoms with van der Waals surface area (Å²) in [5.41, 5.74) is 7.13. The van der Waals surface area contributed by atoms with Crippen molar-refractivity contribution in [2.45, 2.75) is 13.3 Å². The Morgan fingerprint density at radius 1 is 1.53 bits per heavy atom. The molecule has 2 aromatic rings. The average Bonchev–Trinajstić information content (AvgIpc) is 2.59. The zero-order valence-corrected chi connectivity index (χ0v) is 9.29. The van der Waals surface area contributed by atoms with Gasteiger partial charge >= 0.3 is 0 Å². The topological polar surface area (TPSA) is 52.0 Å². The van der Waals surface area contributed by atoms with Gasteiger partial charge in [0.15, 0.2) is 11.5 Å². The van der Waals surface area contributed by atoms with Crippen molar-refractivity contribution in [3.05, 3.63) is 29.1 Å². The molecule has 0 bridgehead atoms. The van der Waals surface area contributed by atoms with E-state index in [1.165, 1.54) is 0 Å². The molecule has 0 saturated heterocycles. The van der Waals surface area contributed by atoms with Gasteiger partial charge in [-0.1, -0.05) is 18.5 Å². The van der Waals surface area contributed by atoms with E-state index < -0.39 is 0 Å². The second-order valence-electron chi connectivity index (χ2n) is 3.76. The van der Waals surface area contributed by atoms with Gasteiger partial charge in [-0.15, -0.1) is 0 Å². The van der Waals surface area contributed by atoms with Crippen LogP contribution >= 0.6 is 11.6 Å². The minimum atomic E-state index is 0.383. The first kappa shape index (κ1) is 10.5. The Labute approximate surface area is 93.2 Å². The Morgan fingerprint density at radius 2 is 2.33 bits per heavy atom. The van der Waals surface area contributed by atoms with E-state index in [1.807, 2.05) is 12.1 Å². The summed E-state index contributed by atoms with van der Waals surface area (Å²) in [6, 6.07) is 5.45. The molecular formula is C11H13ClN2O. The van der Waals surface area contributed by atoms with Crippen molar-refractivity contribution in [2.75, 3.05) is 6.54 Å². The van der Waals surface area contributed by atoms with Gasteiger partial charge < -0.3 is 10.2 Å². The highest BCUT2D eigenvalue weighted by molar-refractivity contribution is 6.31. The van der Waals surface area contributed by atoms with Crippen LogP contribution in [0.15, 0.2) is 22.6 Å². The Kier molecular flexibility index (Phi) is 2.93. The number of fused-ring (bicyclic) bond motifs is 1. The van der Waals surface area contributed by atoms with E-state index in [0.29, 0.717) is 17.5 Å². The number of oxazole rings is 1. The highest BCUT2D eigenvalue weighted by Crippen LogP contribution is 2.21. The molecule has 15 heavy (non-hydrogen) atoms. The smallest absolute Gasteiger partial charge is 0.195 e. The molecule has 1 heterocycles. The fourth-order valence-corrected chi connectivity index (χ4v) is 1.58. The number of halogens is 1. The molecule has 2 N–H and O–H groups in total. The molecule has 1 aromatic carbocycles. The lowest BCUT2D eigenvalue weighted by molar-refractivity contribution is 0.468. The monoisotopic (exact) mass is 224 g/mol. The summed E-state index contributed by atoms with van der Waals surface area (Å²) in [7, 11) is 0. The first-order valence-corrected chi connectivity index (χ1v) is 5.32. The fraction of sp³-hybridized carbons (Fsp3) is 0.364. The van der Waals surface area contributed by atoms with Gasteiger partial charge in [0, 0.05) is 17.5 Å². The Morgan fingerprint density at radius 3 is 3.07 bits per heavy atom. The standard InChI is InChI=1S/C11H13ClN2O/c1-7(6-13)4-11-14-9-3-2-8(12)5-10(9)15-11/h2-3,5,7H,4,6,13H2,1H3. The maximum Gasteiger partial charge on any atom is 0.195 e. The van der Waals surface area contributed by atoms with E-state index in [2.05, 4.69) is 11.9 Å². The molecule has 80 valence electrons. The van der Waals surface area contributed by atoms with Crippen LogP contribution in [0.1, 0.15) is 12.8 Å². The van der Waals surface area contributed by atoms with Gasteiger partial charge in [-0.2, -0.15) is 0 Å². The van der Waals surface area contributed by atoms with Crippen molar-refractivity contribution in [3.63, 3.8) is 0 Å². The summed E-state index contributed by atoms with van der Waals surface area (Å²) in [4.78, 5) is 4.36. The molecule has 0 radical (unpaired) electrons. The average molecular weight is 225 g/mol. The van der Waals surface area contributed by atoms with Crippen LogP contribution in [-0.4, -0.2) is 11.5 Å². The van der Waals surface area contributed by atoms with Crippen molar-refractivity contribution in [2.24, 2.45) is 11.7 Å². The van der Waals surface area contributed by atoms with Crippen molar-refractivity contribution < 1.29 is 4.42 Å². The lowest BCUT2D eigenvalue weighted by atomic mass is 10.1. The summed E-state index contributed by atoms with van der Waals surface area (Å²) in [5.74, 6) is 1.11. The molecule has 3 nitrogen and oxygen atoms in total. The van der Waals surface area contributed by atoms with E-state index in [-0.39, 0.29) is 0 Å². The maximum atomic E-state index is 5.85. The van der Waals surface area contributed by atoms with Crippen LogP contribution in [0.2, 0.25) is 5.02 Å². The van der Waals surface area contributed by atoms with E-state index in [1.54, 1.807) is 6.07 Å². The summed E-state index contributed by atoms with van der Waals surface area (Å²) in [6.07, 6.45) is 0.767. The minimum absolute atomic E-state index is 0.383. The van der Waals surface area contributed by atoms with Crippen molar-refractivity contribution >= 4 is 22.7 Å². The Balaban J connectivity index is 2.30. The first-order valence-electron chi connectivity index (χ1n) is 4.94. The molecule has 0 spiro atoms. The number of rotatable bonds is 3. The molecule has 0 aliphatic heterocycles. The number of hydrogen-bond acceptors (Lipinski definition) is 3. The highest BCUT2D eigenvalue weighted by atomic mass is 35.5. The van der Waals surface area contributed by atoms with Crippen LogP contribution in [0, 0.1) is 5.92 Å². The largest absolute Gasteiger partial charge is 0.441 e. The summed E-state index contributed by atoms with van der Waals surface area (Å²) in [5, 5.41) is 0.664. The van der Waals surface area contributed by atoms with Gasteiger partial charge in [0.2, 0.25) is 0 Å². The van der Waals surface area contributed by atoms with Gasteiger partial charge in [0.05, 0.1) is 0 Å². The summed E-state index contributed by atoms with van der Waals surface area (Å²) >= 11 is 5.85. The molecule has 0 aliphatic carbocycles. The van der Waals surface area contributed by atoms with Crippen LogP contribution in [0.4, 0.5) is 0 Å². The third-order valence-electron chi connectivity index (χ3n) is 2.32. The maximum absolute atomic E-state index is 5.85. The van der Waals surface area contributed by atoms with Crippen molar-refractivity contribution in [1.29, 1.82) is 0 Å². The number of aromatic nitrogens is 1. The van der Waals surface area contributed by atoms with E-state index in [4.69, 9.17) is 21.8 Å². The quantitative estimate of drug-likeness (QED) is 0.872. The molecular weight excluding hydrogens is 212 g/mol. The van der Waals surface area contributed by atoms with Crippen molar-refractivity contribution in [1.82, 2.24) is 4.98 Å². The van der Waals surface area contributed by atoms with Crippen LogP contribution in [0.5, 0.6) is 0 Å². The third-order valence-corrected chi connectivity index (χ3v) is 2.56. The van der Waals surface area contributed by atoms with E-state index in [0.717, 1.165) is 23.4 Å². The molecule has 0 aliphatic rings. The molecule has 1 unspecified atom stereocenters. The second-order valence-corrected chi connectivity index (χ2v) is 4.20. The third kappa shape index (κ3) is 2.30. The van der Waals surface area contributed by atoms with Gasteiger partial charge in [0.1, 0.15) is 5.52 Å². The molecule has 1 atom stereocenters. The van der Waals surface area contributed by atoms with E-state index in [9.17, 15) is 0 Å². The Bertz CT molecular complexity index is 467. The van der Waals surface area contributed by atoms with Gasteiger partial charge in [-0.25, -0.2) is 4.98 Å². The van der Waals surface area contributed by atoms with Crippen LogP contribution in [0.25, 0.3) is 11.1 Å². The predicted molar refractivity (Wildman–Crippen MR) is 60.9 cm³/mol. The molecule has 0 saturated carbocycles. The van der Waals surface area contributed by atoms with Crippen molar-refractivity contribution in [3.8, 4) is 0 Å². The number of hydrogen-bond donors (Lipinski definition) is 1. The van der Waals surface area contributed by atoms with E-state index >= 15 is 0 Å². The number of nitrogens with two attached hydrogens (primary N) is 1. The second kappa shape index (κ2) is 4.21. The molecule has 0 amide bonds. The SMILES string of the molecule is CC(CN)Cc1nc2ccc(Cl)cc2o1. The minimum Gasteiger partial charge on any atom is -0.441 e. The van der Waals surface area contributed by atoms with Crippen LogP contribution in [-0.2, 0) is 6.42 Å². The molecule has 0 fully saturated rings. The lowest BCUT2D eigenvalue weighted by Gasteiger charge is -2.02. The van der Waals surface area contributed by atoms with Gasteiger partial charge in [-0.05, 0) is 24.6 Å². The summed E-state index contributed by atoms with van der Waals surface area (Å²) < 4.78 is 5.57.